The van der Waals surface area contributed by atoms with Gasteiger partial charge in [-0.3, -0.25) is 0 Å². The van der Waals surface area contributed by atoms with Crippen LogP contribution in [0.2, 0.25) is 0 Å². The van der Waals surface area contributed by atoms with Gasteiger partial charge in [-0.2, -0.15) is 0 Å². The maximum atomic E-state index is 9.33. The largest absolute Gasteiger partial charge is 0.506 e. The lowest BCUT2D eigenvalue weighted by Crippen LogP contribution is -2.28. The first kappa shape index (κ1) is 12.8. The van der Waals surface area contributed by atoms with Gasteiger partial charge in [-0.25, -0.2) is 0 Å². The van der Waals surface area contributed by atoms with E-state index in [4.69, 9.17) is 5.73 Å². The molecule has 0 saturated carbocycles. The summed E-state index contributed by atoms with van der Waals surface area (Å²) in [4.78, 5) is 2.26. The van der Waals surface area contributed by atoms with Crippen LogP contribution >= 0.6 is 0 Å². The molecular weight excluding hydrogens is 200 g/mol. The van der Waals surface area contributed by atoms with Crippen LogP contribution in [0.25, 0.3) is 0 Å². The maximum Gasteiger partial charge on any atom is 0.138 e. The molecule has 0 unspecified atom stereocenters. The lowest BCUT2D eigenvalue weighted by atomic mass is 9.96. The van der Waals surface area contributed by atoms with Crippen LogP contribution in [0.5, 0.6) is 5.75 Å². The number of phenols is 1. The van der Waals surface area contributed by atoms with Crippen molar-refractivity contribution in [3.8, 4) is 5.75 Å². The maximum absolute atomic E-state index is 9.33. The number of anilines is 1. The Kier molecular flexibility index (Phi) is 3.81. The quantitative estimate of drug-likeness (QED) is 0.610. The van der Waals surface area contributed by atoms with Gasteiger partial charge in [0.15, 0.2) is 0 Å². The second-order valence-electron chi connectivity index (χ2n) is 5.63. The van der Waals surface area contributed by atoms with Gasteiger partial charge in [0.05, 0.1) is 5.69 Å². The van der Waals surface area contributed by atoms with Crippen LogP contribution in [-0.4, -0.2) is 23.6 Å². The molecule has 16 heavy (non-hydrogen) atoms. The zero-order valence-electron chi connectivity index (χ0n) is 10.6. The molecule has 0 atom stereocenters. The number of aromatic hydroxyl groups is 1. The van der Waals surface area contributed by atoms with Crippen LogP contribution in [0.3, 0.4) is 0 Å². The molecule has 3 N–H and O–H groups in total. The zero-order chi connectivity index (χ0) is 12.3. The molecule has 0 aliphatic rings. The molecule has 0 radical (unpaired) electrons. The van der Waals surface area contributed by atoms with E-state index in [1.807, 2.05) is 12.1 Å². The highest BCUT2D eigenvalue weighted by atomic mass is 16.3. The Labute approximate surface area is 97.9 Å². The minimum absolute atomic E-state index is 0.155. The predicted octanol–water partition coefficient (Wildman–Crippen LogP) is 2.45. The summed E-state index contributed by atoms with van der Waals surface area (Å²) in [6, 6.07) is 5.38. The first-order valence-corrected chi connectivity index (χ1v) is 5.54. The number of nitrogen functional groups attached to an aromatic ring is 1. The van der Waals surface area contributed by atoms with Gasteiger partial charge in [-0.15, -0.1) is 0 Å². The summed E-state index contributed by atoms with van der Waals surface area (Å²) < 4.78 is 0. The van der Waals surface area contributed by atoms with Crippen molar-refractivity contribution in [2.45, 2.75) is 27.3 Å². The topological polar surface area (TPSA) is 49.5 Å². The number of hydrogen-bond donors (Lipinski definition) is 2. The highest BCUT2D eigenvalue weighted by Crippen LogP contribution is 2.22. The van der Waals surface area contributed by atoms with E-state index in [2.05, 4.69) is 32.7 Å². The second kappa shape index (κ2) is 4.74. The summed E-state index contributed by atoms with van der Waals surface area (Å²) in [5.74, 6) is 0.155. The predicted molar refractivity (Wildman–Crippen MR) is 68.3 cm³/mol. The molecule has 1 aromatic rings. The number of rotatable bonds is 3. The van der Waals surface area contributed by atoms with Gasteiger partial charge in [-0.1, -0.05) is 26.8 Å². The fourth-order valence-electron chi connectivity index (χ4n) is 1.88. The minimum Gasteiger partial charge on any atom is -0.506 e. The molecule has 1 rings (SSSR count). The minimum atomic E-state index is 0.155. The van der Waals surface area contributed by atoms with Crippen LogP contribution in [0.4, 0.5) is 5.69 Å². The van der Waals surface area contributed by atoms with Crippen molar-refractivity contribution in [3.63, 3.8) is 0 Å². The molecule has 0 aliphatic heterocycles. The van der Waals surface area contributed by atoms with Gasteiger partial charge >= 0.3 is 0 Å². The van der Waals surface area contributed by atoms with Gasteiger partial charge in [0, 0.05) is 13.1 Å². The molecule has 0 heterocycles. The first-order valence-electron chi connectivity index (χ1n) is 5.54. The smallest absolute Gasteiger partial charge is 0.138 e. The van der Waals surface area contributed by atoms with Crippen LogP contribution in [-0.2, 0) is 6.54 Å². The van der Waals surface area contributed by atoms with Gasteiger partial charge in [0.1, 0.15) is 5.75 Å². The molecule has 0 spiro atoms. The Morgan fingerprint density at radius 1 is 1.31 bits per heavy atom. The van der Waals surface area contributed by atoms with Crippen LogP contribution < -0.4 is 5.73 Å². The lowest BCUT2D eigenvalue weighted by Gasteiger charge is -2.26. The number of nitrogens with two attached hydrogens (primary N) is 1. The van der Waals surface area contributed by atoms with Gasteiger partial charge in [-0.05, 0) is 30.2 Å². The van der Waals surface area contributed by atoms with E-state index in [1.54, 1.807) is 6.07 Å². The summed E-state index contributed by atoms with van der Waals surface area (Å²) in [6.07, 6.45) is 0. The third kappa shape index (κ3) is 4.11. The van der Waals surface area contributed by atoms with Crippen LogP contribution in [0.15, 0.2) is 18.2 Å². The van der Waals surface area contributed by atoms with Crippen molar-refractivity contribution >= 4 is 5.69 Å². The molecule has 1 aromatic carbocycles. The van der Waals surface area contributed by atoms with Crippen molar-refractivity contribution < 1.29 is 5.11 Å². The van der Waals surface area contributed by atoms with E-state index in [0.717, 1.165) is 18.7 Å². The average Bonchev–Trinajstić information content (AvgIpc) is 2.08. The van der Waals surface area contributed by atoms with Gasteiger partial charge in [0.25, 0.3) is 0 Å². The lowest BCUT2D eigenvalue weighted by molar-refractivity contribution is 0.221. The number of hydrogen-bond acceptors (Lipinski definition) is 3. The number of nitrogens with zero attached hydrogens (tertiary/aromatic N) is 1. The summed E-state index contributed by atoms with van der Waals surface area (Å²) in [5.41, 5.74) is 7.52. The van der Waals surface area contributed by atoms with E-state index in [0.29, 0.717) is 5.69 Å². The average molecular weight is 222 g/mol. The van der Waals surface area contributed by atoms with Crippen LogP contribution in [0, 0.1) is 5.41 Å². The van der Waals surface area contributed by atoms with Crippen molar-refractivity contribution in [1.29, 1.82) is 0 Å². The second-order valence-corrected chi connectivity index (χ2v) is 5.63. The van der Waals surface area contributed by atoms with Crippen molar-refractivity contribution in [2.24, 2.45) is 5.41 Å². The van der Waals surface area contributed by atoms with Crippen molar-refractivity contribution in [2.75, 3.05) is 19.3 Å². The monoisotopic (exact) mass is 222 g/mol. The standard InChI is InChI=1S/C13H22N2O/c1-13(2,3)9-15(4)8-10-5-6-12(16)11(14)7-10/h5-7,16H,8-9,14H2,1-4H3. The SMILES string of the molecule is CN(Cc1ccc(O)c(N)c1)CC(C)(C)C. The van der Waals surface area contributed by atoms with E-state index in [1.165, 1.54) is 0 Å². The highest BCUT2D eigenvalue weighted by molar-refractivity contribution is 5.53. The highest BCUT2D eigenvalue weighted by Gasteiger charge is 2.13. The van der Waals surface area contributed by atoms with Crippen molar-refractivity contribution in [3.05, 3.63) is 23.8 Å². The Morgan fingerprint density at radius 3 is 2.44 bits per heavy atom. The third-order valence-corrected chi connectivity index (χ3v) is 2.29. The van der Waals surface area contributed by atoms with Gasteiger partial charge in [0.2, 0.25) is 0 Å². The Morgan fingerprint density at radius 2 is 1.94 bits per heavy atom. The molecule has 0 aromatic heterocycles. The Hall–Kier alpha value is -1.22. The molecule has 90 valence electrons. The fraction of sp³-hybridized carbons (Fsp3) is 0.538. The van der Waals surface area contributed by atoms with Gasteiger partial charge < -0.3 is 15.7 Å². The summed E-state index contributed by atoms with van der Waals surface area (Å²) in [5, 5.41) is 9.33. The molecule has 0 fully saturated rings. The van der Waals surface area contributed by atoms with E-state index in [9.17, 15) is 5.11 Å². The molecule has 0 saturated heterocycles. The fourth-order valence-corrected chi connectivity index (χ4v) is 1.88. The molecule has 0 bridgehead atoms. The summed E-state index contributed by atoms with van der Waals surface area (Å²) in [6.45, 7) is 8.52. The molecule has 0 amide bonds. The van der Waals surface area contributed by atoms with Crippen LogP contribution in [0.1, 0.15) is 26.3 Å². The number of benzene rings is 1. The summed E-state index contributed by atoms with van der Waals surface area (Å²) in [7, 11) is 2.09. The van der Waals surface area contributed by atoms with E-state index < -0.39 is 0 Å². The number of phenolic OH excluding ortho intramolecular Hbond substituents is 1. The first-order chi connectivity index (χ1) is 7.28. The molecular formula is C13H22N2O. The normalized spacial score (nSPS) is 12.1. The Bertz CT molecular complexity index is 355. The van der Waals surface area contributed by atoms with E-state index in [-0.39, 0.29) is 11.2 Å². The third-order valence-electron chi connectivity index (χ3n) is 2.29. The zero-order valence-corrected chi connectivity index (χ0v) is 10.6. The summed E-state index contributed by atoms with van der Waals surface area (Å²) >= 11 is 0. The molecule has 0 aliphatic carbocycles. The van der Waals surface area contributed by atoms with E-state index >= 15 is 0 Å². The molecule has 3 heteroatoms. The molecule has 3 nitrogen and oxygen atoms in total. The van der Waals surface area contributed by atoms with Crippen molar-refractivity contribution in [1.82, 2.24) is 4.90 Å². The Balaban J connectivity index is 2.63.